The number of ether oxygens (including phenoxy) is 2. The predicted octanol–water partition coefficient (Wildman–Crippen LogP) is 13.9. The molecule has 11 nitrogen and oxygen atoms in total. The Morgan fingerprint density at radius 3 is 1.18 bits per heavy atom. The van der Waals surface area contributed by atoms with Crippen LogP contribution >= 0.6 is 0 Å². The Labute approximate surface area is 449 Å². The lowest BCUT2D eigenvalue weighted by Gasteiger charge is -2.40. The van der Waals surface area contributed by atoms with Gasteiger partial charge in [-0.3, -0.25) is 4.79 Å². The maximum absolute atomic E-state index is 13.2. The van der Waals surface area contributed by atoms with Gasteiger partial charge < -0.3 is 50.5 Å². The number of allylic oxidation sites excluding steroid dienone is 2. The van der Waals surface area contributed by atoms with E-state index in [4.69, 9.17) is 9.47 Å². The number of amides is 1. The zero-order valence-electron chi connectivity index (χ0n) is 47.6. The number of hydrogen-bond acceptors (Lipinski definition) is 10. The number of aliphatic hydroxyl groups excluding tert-OH is 7. The summed E-state index contributed by atoms with van der Waals surface area (Å²) in [6.07, 6.45) is 49.9. The molecular formula is C62H121NO10. The summed E-state index contributed by atoms with van der Waals surface area (Å²) >= 11 is 0. The van der Waals surface area contributed by atoms with Gasteiger partial charge in [0.05, 0.1) is 25.4 Å². The maximum Gasteiger partial charge on any atom is 0.249 e. The van der Waals surface area contributed by atoms with E-state index in [2.05, 4.69) is 31.3 Å². The minimum atomic E-state index is -1.67. The highest BCUT2D eigenvalue weighted by Crippen LogP contribution is 2.24. The summed E-state index contributed by atoms with van der Waals surface area (Å²) in [6.45, 7) is 3.49. The molecule has 11 heteroatoms. The number of carbonyl (C=O) groups excluding carboxylic acids is 1. The van der Waals surface area contributed by atoms with Crippen LogP contribution in [-0.4, -0.2) is 110 Å². The highest BCUT2D eigenvalue weighted by molar-refractivity contribution is 5.80. The van der Waals surface area contributed by atoms with Crippen molar-refractivity contribution in [1.29, 1.82) is 0 Å². The number of aliphatic hydroxyl groups is 7. The molecule has 1 amide bonds. The summed E-state index contributed by atoms with van der Waals surface area (Å²) in [5.41, 5.74) is 0. The van der Waals surface area contributed by atoms with Gasteiger partial charge in [0.15, 0.2) is 6.29 Å². The van der Waals surface area contributed by atoms with E-state index in [0.29, 0.717) is 12.8 Å². The lowest BCUT2D eigenvalue weighted by atomic mass is 9.98. The van der Waals surface area contributed by atoms with Crippen LogP contribution in [0.2, 0.25) is 0 Å². The smallest absolute Gasteiger partial charge is 0.249 e. The van der Waals surface area contributed by atoms with Crippen molar-refractivity contribution in [3.05, 3.63) is 12.2 Å². The average molecular weight is 1040 g/mol. The van der Waals surface area contributed by atoms with Gasteiger partial charge in [-0.05, 0) is 38.5 Å². The maximum atomic E-state index is 13.2. The Balaban J connectivity index is 2.27. The third-order valence-corrected chi connectivity index (χ3v) is 15.6. The van der Waals surface area contributed by atoms with Crippen molar-refractivity contribution >= 4 is 5.91 Å². The van der Waals surface area contributed by atoms with Crippen LogP contribution < -0.4 is 5.32 Å². The molecule has 0 saturated carbocycles. The molecule has 1 fully saturated rings. The fourth-order valence-electron chi connectivity index (χ4n) is 10.4. The first-order valence-corrected chi connectivity index (χ1v) is 31.6. The summed E-state index contributed by atoms with van der Waals surface area (Å²) in [7, 11) is 0. The molecule has 1 saturated heterocycles. The average Bonchev–Trinajstić information content (AvgIpc) is 3.39. The van der Waals surface area contributed by atoms with Gasteiger partial charge in [-0.2, -0.15) is 0 Å². The first-order chi connectivity index (χ1) is 35.7. The number of nitrogens with one attached hydrogen (secondary N) is 1. The molecule has 1 aliphatic rings. The molecule has 73 heavy (non-hydrogen) atoms. The van der Waals surface area contributed by atoms with Crippen LogP contribution in [0.3, 0.4) is 0 Å². The van der Waals surface area contributed by atoms with E-state index in [1.807, 2.05) is 0 Å². The summed E-state index contributed by atoms with van der Waals surface area (Å²) in [5.74, 6) is -0.699. The molecule has 9 unspecified atom stereocenters. The van der Waals surface area contributed by atoms with E-state index in [1.54, 1.807) is 0 Å². The largest absolute Gasteiger partial charge is 0.394 e. The summed E-state index contributed by atoms with van der Waals surface area (Å²) in [5, 5.41) is 76.3. The van der Waals surface area contributed by atoms with Crippen molar-refractivity contribution in [1.82, 2.24) is 5.32 Å². The van der Waals surface area contributed by atoms with Gasteiger partial charge in [0, 0.05) is 0 Å². The van der Waals surface area contributed by atoms with E-state index in [9.17, 15) is 40.5 Å². The molecule has 0 aromatic rings. The van der Waals surface area contributed by atoms with E-state index < -0.39 is 74.2 Å². The molecule has 0 aromatic carbocycles. The molecule has 9 atom stereocenters. The Kier molecular flexibility index (Phi) is 49.4. The molecule has 0 aromatic heterocycles. The van der Waals surface area contributed by atoms with E-state index in [-0.39, 0.29) is 12.8 Å². The Morgan fingerprint density at radius 2 is 0.808 bits per heavy atom. The van der Waals surface area contributed by atoms with Crippen molar-refractivity contribution in [2.24, 2.45) is 0 Å². The van der Waals surface area contributed by atoms with Crippen molar-refractivity contribution in [3.63, 3.8) is 0 Å². The van der Waals surface area contributed by atoms with Crippen LogP contribution in [-0.2, 0) is 14.3 Å². The minimum Gasteiger partial charge on any atom is -0.394 e. The van der Waals surface area contributed by atoms with Crippen LogP contribution in [0.15, 0.2) is 12.2 Å². The fourth-order valence-corrected chi connectivity index (χ4v) is 10.4. The van der Waals surface area contributed by atoms with Gasteiger partial charge in [0.1, 0.15) is 36.6 Å². The van der Waals surface area contributed by atoms with Gasteiger partial charge in [-0.1, -0.05) is 283 Å². The highest BCUT2D eigenvalue weighted by atomic mass is 16.7. The molecule has 1 aliphatic heterocycles. The first-order valence-electron chi connectivity index (χ1n) is 31.6. The second-order valence-corrected chi connectivity index (χ2v) is 22.5. The third kappa shape index (κ3) is 39.8. The van der Waals surface area contributed by atoms with Gasteiger partial charge in [0.2, 0.25) is 5.91 Å². The Bertz CT molecular complexity index is 1190. The van der Waals surface area contributed by atoms with Crippen LogP contribution in [0.4, 0.5) is 0 Å². The molecule has 0 bridgehead atoms. The molecule has 0 spiro atoms. The lowest BCUT2D eigenvalue weighted by molar-refractivity contribution is -0.303. The monoisotopic (exact) mass is 1040 g/mol. The zero-order valence-corrected chi connectivity index (χ0v) is 47.6. The molecule has 0 aliphatic carbocycles. The summed E-state index contributed by atoms with van der Waals surface area (Å²) in [6, 6.07) is -1.18. The molecule has 0 radical (unpaired) electrons. The van der Waals surface area contributed by atoms with Crippen LogP contribution in [0, 0.1) is 0 Å². The molecule has 1 heterocycles. The van der Waals surface area contributed by atoms with Crippen molar-refractivity contribution in [3.8, 4) is 0 Å². The highest BCUT2D eigenvalue weighted by Gasteiger charge is 2.44. The van der Waals surface area contributed by atoms with Crippen LogP contribution in [0.25, 0.3) is 0 Å². The molecule has 8 N–H and O–H groups in total. The molecule has 1 rings (SSSR count). The standard InChI is InChI=1S/C62H121NO10/c1-3-5-7-9-11-13-15-17-19-21-23-25-26-27-28-30-31-33-35-37-39-41-43-45-47-49-54(65)57(67)53(52-72-62-60(70)59(69)58(68)56(51-64)73-62)63-61(71)55(66)50-48-46-44-42-40-38-36-34-32-29-24-22-20-18-16-14-12-10-8-6-4-2/h41,43,53-60,62,64-70H,3-40,42,44-52H2,1-2H3,(H,63,71)/b43-41+. The quantitative estimate of drug-likeness (QED) is 0.0215. The number of hydrogen-bond donors (Lipinski definition) is 8. The zero-order chi connectivity index (χ0) is 53.3. The second kappa shape index (κ2) is 51.6. The summed E-state index contributed by atoms with van der Waals surface area (Å²) < 4.78 is 11.2. The number of unbranched alkanes of at least 4 members (excludes halogenated alkanes) is 41. The van der Waals surface area contributed by atoms with Crippen LogP contribution in [0.1, 0.15) is 309 Å². The van der Waals surface area contributed by atoms with E-state index in [1.165, 1.54) is 231 Å². The SMILES string of the molecule is CCCCCCCCCCCCCCCCCCCCCC/C=C/CCCC(O)C(O)C(COC1OC(CO)C(O)C(O)C1O)NC(=O)C(O)CCCCCCCCCCCCCCCCCCCCCCC. The van der Waals surface area contributed by atoms with Crippen molar-refractivity contribution in [2.75, 3.05) is 13.2 Å². The first kappa shape index (κ1) is 69.9. The molecular weight excluding hydrogens is 919 g/mol. The van der Waals surface area contributed by atoms with Gasteiger partial charge in [-0.15, -0.1) is 0 Å². The summed E-state index contributed by atoms with van der Waals surface area (Å²) in [4.78, 5) is 13.2. The number of rotatable bonds is 55. The molecule has 434 valence electrons. The minimum absolute atomic E-state index is 0.260. The van der Waals surface area contributed by atoms with Gasteiger partial charge in [0.25, 0.3) is 0 Å². The van der Waals surface area contributed by atoms with Gasteiger partial charge >= 0.3 is 0 Å². The Hall–Kier alpha value is -1.15. The van der Waals surface area contributed by atoms with Crippen LogP contribution in [0.5, 0.6) is 0 Å². The third-order valence-electron chi connectivity index (χ3n) is 15.6. The van der Waals surface area contributed by atoms with E-state index in [0.717, 1.165) is 38.5 Å². The van der Waals surface area contributed by atoms with Gasteiger partial charge in [-0.25, -0.2) is 0 Å². The van der Waals surface area contributed by atoms with Crippen molar-refractivity contribution in [2.45, 2.75) is 364 Å². The normalized spacial score (nSPS) is 19.9. The van der Waals surface area contributed by atoms with E-state index >= 15 is 0 Å². The van der Waals surface area contributed by atoms with Crippen molar-refractivity contribution < 1.29 is 50.0 Å². The fraction of sp³-hybridized carbons (Fsp3) is 0.952. The predicted molar refractivity (Wildman–Crippen MR) is 303 cm³/mol. The second-order valence-electron chi connectivity index (χ2n) is 22.5. The Morgan fingerprint density at radius 1 is 0.466 bits per heavy atom. The number of carbonyl (C=O) groups is 1. The topological polar surface area (TPSA) is 189 Å². The lowest BCUT2D eigenvalue weighted by Crippen LogP contribution is -2.60.